The van der Waals surface area contributed by atoms with Crippen LogP contribution in [0.15, 0.2) is 36.7 Å². The Kier molecular flexibility index (Phi) is 3.93. The molecular weight excluding hydrogens is 353 g/mol. The van der Waals surface area contributed by atoms with Crippen LogP contribution in [0.4, 0.5) is 0 Å². The first kappa shape index (κ1) is 12.8. The average molecular weight is 367 g/mol. The molecule has 1 saturated carbocycles. The van der Waals surface area contributed by atoms with Gasteiger partial charge in [0.2, 0.25) is 5.88 Å². The molecule has 19 heavy (non-hydrogen) atoms. The molecule has 1 aliphatic rings. The van der Waals surface area contributed by atoms with Gasteiger partial charge < -0.3 is 10.1 Å². The lowest BCUT2D eigenvalue weighted by Crippen LogP contribution is -2.16. The van der Waals surface area contributed by atoms with Gasteiger partial charge in [0.05, 0.1) is 18.1 Å². The zero-order chi connectivity index (χ0) is 13.1. The summed E-state index contributed by atoms with van der Waals surface area (Å²) >= 11 is 2.25. The molecule has 3 rings (SSSR count). The second-order valence-corrected chi connectivity index (χ2v) is 5.81. The van der Waals surface area contributed by atoms with Crippen molar-refractivity contribution in [3.8, 4) is 11.6 Å². The number of benzene rings is 1. The first-order chi connectivity index (χ1) is 9.29. The van der Waals surface area contributed by atoms with Crippen molar-refractivity contribution in [1.29, 1.82) is 0 Å². The Morgan fingerprint density at radius 3 is 2.84 bits per heavy atom. The minimum Gasteiger partial charge on any atom is -0.437 e. The van der Waals surface area contributed by atoms with E-state index in [2.05, 4.69) is 37.9 Å². The SMILES string of the molecule is Ic1cccc(Oc2cnc(CNC3CC3)cn2)c1. The second-order valence-electron chi connectivity index (χ2n) is 4.56. The highest BCUT2D eigenvalue weighted by atomic mass is 127. The fraction of sp³-hybridized carbons (Fsp3) is 0.286. The van der Waals surface area contributed by atoms with E-state index in [1.54, 1.807) is 12.4 Å². The van der Waals surface area contributed by atoms with E-state index < -0.39 is 0 Å². The molecule has 0 radical (unpaired) electrons. The van der Waals surface area contributed by atoms with Gasteiger partial charge in [-0.1, -0.05) is 6.07 Å². The van der Waals surface area contributed by atoms with Crippen molar-refractivity contribution in [2.75, 3.05) is 0 Å². The Hall–Kier alpha value is -1.21. The summed E-state index contributed by atoms with van der Waals surface area (Å²) in [4.78, 5) is 8.62. The molecule has 98 valence electrons. The number of nitrogens with one attached hydrogen (secondary N) is 1. The van der Waals surface area contributed by atoms with E-state index in [1.165, 1.54) is 12.8 Å². The maximum absolute atomic E-state index is 5.65. The lowest BCUT2D eigenvalue weighted by atomic mass is 10.3. The summed E-state index contributed by atoms with van der Waals surface area (Å²) in [6.45, 7) is 0.779. The largest absolute Gasteiger partial charge is 0.437 e. The Morgan fingerprint density at radius 2 is 2.16 bits per heavy atom. The third kappa shape index (κ3) is 3.87. The maximum Gasteiger partial charge on any atom is 0.237 e. The number of aromatic nitrogens is 2. The standard InChI is InChI=1S/C14H14IN3O/c15-10-2-1-3-13(6-10)19-14-9-17-12(8-18-14)7-16-11-4-5-11/h1-3,6,8-9,11,16H,4-5,7H2. The van der Waals surface area contributed by atoms with E-state index in [1.807, 2.05) is 24.3 Å². The highest BCUT2D eigenvalue weighted by molar-refractivity contribution is 14.1. The summed E-state index contributed by atoms with van der Waals surface area (Å²) in [7, 11) is 0. The summed E-state index contributed by atoms with van der Waals surface area (Å²) in [5.41, 5.74) is 0.946. The Balaban J connectivity index is 1.61. The van der Waals surface area contributed by atoms with Crippen LogP contribution in [0.2, 0.25) is 0 Å². The van der Waals surface area contributed by atoms with Gasteiger partial charge in [0, 0.05) is 16.2 Å². The van der Waals surface area contributed by atoms with Crippen molar-refractivity contribution in [3.05, 3.63) is 45.9 Å². The van der Waals surface area contributed by atoms with Crippen molar-refractivity contribution < 1.29 is 4.74 Å². The number of ether oxygens (including phenoxy) is 1. The van der Waals surface area contributed by atoms with Crippen LogP contribution in [-0.4, -0.2) is 16.0 Å². The predicted molar refractivity (Wildman–Crippen MR) is 81.1 cm³/mol. The smallest absolute Gasteiger partial charge is 0.237 e. The number of hydrogen-bond donors (Lipinski definition) is 1. The molecule has 1 N–H and O–H groups in total. The minimum atomic E-state index is 0.525. The van der Waals surface area contributed by atoms with E-state index in [9.17, 15) is 0 Å². The van der Waals surface area contributed by atoms with Crippen molar-refractivity contribution in [1.82, 2.24) is 15.3 Å². The van der Waals surface area contributed by atoms with Crippen molar-refractivity contribution >= 4 is 22.6 Å². The molecule has 1 aliphatic carbocycles. The minimum absolute atomic E-state index is 0.525. The molecule has 2 aromatic rings. The first-order valence-corrected chi connectivity index (χ1v) is 7.35. The Labute approximate surface area is 125 Å². The molecule has 1 fully saturated rings. The monoisotopic (exact) mass is 367 g/mol. The normalized spacial score (nSPS) is 14.4. The van der Waals surface area contributed by atoms with Crippen LogP contribution < -0.4 is 10.1 Å². The molecule has 5 heteroatoms. The quantitative estimate of drug-likeness (QED) is 0.825. The third-order valence-corrected chi connectivity index (χ3v) is 3.52. The van der Waals surface area contributed by atoms with Crippen molar-refractivity contribution in [3.63, 3.8) is 0 Å². The fourth-order valence-corrected chi connectivity index (χ4v) is 2.19. The van der Waals surface area contributed by atoms with Crippen molar-refractivity contribution in [2.24, 2.45) is 0 Å². The summed E-state index contributed by atoms with van der Waals surface area (Å²) < 4.78 is 6.79. The summed E-state index contributed by atoms with van der Waals surface area (Å²) in [5, 5.41) is 3.41. The van der Waals surface area contributed by atoms with Crippen LogP contribution in [0.25, 0.3) is 0 Å². The van der Waals surface area contributed by atoms with Gasteiger partial charge in [0.1, 0.15) is 5.75 Å². The van der Waals surface area contributed by atoms with Gasteiger partial charge in [-0.3, -0.25) is 4.98 Å². The fourth-order valence-electron chi connectivity index (χ4n) is 1.67. The summed E-state index contributed by atoms with van der Waals surface area (Å²) in [6.07, 6.45) is 5.99. The third-order valence-electron chi connectivity index (χ3n) is 2.85. The van der Waals surface area contributed by atoms with Gasteiger partial charge in [-0.25, -0.2) is 4.98 Å². The highest BCUT2D eigenvalue weighted by Crippen LogP contribution is 2.21. The van der Waals surface area contributed by atoms with Gasteiger partial charge in [-0.15, -0.1) is 0 Å². The van der Waals surface area contributed by atoms with Gasteiger partial charge in [0.15, 0.2) is 0 Å². The molecule has 0 bridgehead atoms. The van der Waals surface area contributed by atoms with Gasteiger partial charge in [-0.05, 0) is 53.6 Å². The van der Waals surface area contributed by atoms with E-state index in [4.69, 9.17) is 4.74 Å². The molecule has 0 amide bonds. The number of hydrogen-bond acceptors (Lipinski definition) is 4. The van der Waals surface area contributed by atoms with Crippen LogP contribution >= 0.6 is 22.6 Å². The Morgan fingerprint density at radius 1 is 1.26 bits per heavy atom. The van der Waals surface area contributed by atoms with Crippen LogP contribution in [0.3, 0.4) is 0 Å². The van der Waals surface area contributed by atoms with E-state index in [0.717, 1.165) is 21.6 Å². The summed E-state index contributed by atoms with van der Waals surface area (Å²) in [6, 6.07) is 8.53. The zero-order valence-corrected chi connectivity index (χ0v) is 12.5. The first-order valence-electron chi connectivity index (χ1n) is 6.27. The van der Waals surface area contributed by atoms with Crippen LogP contribution in [0, 0.1) is 3.57 Å². The van der Waals surface area contributed by atoms with Crippen LogP contribution in [0.1, 0.15) is 18.5 Å². The number of halogens is 1. The highest BCUT2D eigenvalue weighted by Gasteiger charge is 2.20. The van der Waals surface area contributed by atoms with Crippen LogP contribution in [-0.2, 0) is 6.54 Å². The Bertz CT molecular complexity index is 555. The molecule has 0 aliphatic heterocycles. The van der Waals surface area contributed by atoms with Crippen molar-refractivity contribution in [2.45, 2.75) is 25.4 Å². The van der Waals surface area contributed by atoms with E-state index >= 15 is 0 Å². The average Bonchev–Trinajstić information content (AvgIpc) is 3.22. The van der Waals surface area contributed by atoms with E-state index in [-0.39, 0.29) is 0 Å². The van der Waals surface area contributed by atoms with Crippen LogP contribution in [0.5, 0.6) is 11.6 Å². The van der Waals surface area contributed by atoms with Gasteiger partial charge >= 0.3 is 0 Å². The lowest BCUT2D eigenvalue weighted by Gasteiger charge is -2.06. The molecular formula is C14H14IN3O. The summed E-state index contributed by atoms with van der Waals surface area (Å²) in [5.74, 6) is 1.31. The number of nitrogens with zero attached hydrogens (tertiary/aromatic N) is 2. The van der Waals surface area contributed by atoms with E-state index in [0.29, 0.717) is 11.9 Å². The topological polar surface area (TPSA) is 47.0 Å². The molecule has 1 aromatic carbocycles. The van der Waals surface area contributed by atoms with Gasteiger partial charge in [0.25, 0.3) is 0 Å². The lowest BCUT2D eigenvalue weighted by molar-refractivity contribution is 0.458. The molecule has 0 saturated heterocycles. The maximum atomic E-state index is 5.65. The molecule has 0 spiro atoms. The molecule has 0 atom stereocenters. The second kappa shape index (κ2) is 5.83. The molecule has 4 nitrogen and oxygen atoms in total. The van der Waals surface area contributed by atoms with Gasteiger partial charge in [-0.2, -0.15) is 0 Å². The predicted octanol–water partition coefficient (Wildman–Crippen LogP) is 3.13. The molecule has 1 aromatic heterocycles. The molecule has 1 heterocycles. The molecule has 0 unspecified atom stereocenters. The number of rotatable bonds is 5. The zero-order valence-electron chi connectivity index (χ0n) is 10.3.